The predicted octanol–water partition coefficient (Wildman–Crippen LogP) is 2.74. The maximum absolute atomic E-state index is 12.8. The number of hydrogen-bond acceptors (Lipinski definition) is 2. The summed E-state index contributed by atoms with van der Waals surface area (Å²) < 4.78 is 1.99. The number of carbonyl (C=O) groups excluding carboxylic acids is 1. The van der Waals surface area contributed by atoms with Crippen LogP contribution in [0.15, 0.2) is 36.9 Å². The lowest BCUT2D eigenvalue weighted by Crippen LogP contribution is -2.42. The summed E-state index contributed by atoms with van der Waals surface area (Å²) in [4.78, 5) is 16.8. The molecule has 1 fully saturated rings. The number of nitrogens with zero attached hydrogens (tertiary/aromatic N) is 2. The average molecular weight is 297 g/mol. The van der Waals surface area contributed by atoms with Crippen molar-refractivity contribution in [3.8, 4) is 0 Å². The van der Waals surface area contributed by atoms with Gasteiger partial charge in [-0.25, -0.2) is 4.98 Å². The van der Waals surface area contributed by atoms with Gasteiger partial charge >= 0.3 is 0 Å². The molecule has 1 aliphatic rings. The van der Waals surface area contributed by atoms with Crippen molar-refractivity contribution >= 4 is 5.91 Å². The Balaban J connectivity index is 1.71. The summed E-state index contributed by atoms with van der Waals surface area (Å²) in [5.74, 6) is 0.158. The molecule has 0 spiro atoms. The van der Waals surface area contributed by atoms with Crippen molar-refractivity contribution < 1.29 is 4.79 Å². The molecule has 0 radical (unpaired) electrons. The summed E-state index contributed by atoms with van der Waals surface area (Å²) in [7, 11) is 0. The first-order valence-electron chi connectivity index (χ1n) is 7.85. The molecule has 1 aromatic carbocycles. The summed E-state index contributed by atoms with van der Waals surface area (Å²) >= 11 is 0. The second kappa shape index (κ2) is 5.59. The highest BCUT2D eigenvalue weighted by atomic mass is 16.2. The van der Waals surface area contributed by atoms with E-state index in [2.05, 4.69) is 42.3 Å². The third kappa shape index (κ3) is 2.91. The lowest BCUT2D eigenvalue weighted by molar-refractivity contribution is -0.124. The van der Waals surface area contributed by atoms with Gasteiger partial charge in [0, 0.05) is 25.0 Å². The van der Waals surface area contributed by atoms with Crippen LogP contribution in [0.1, 0.15) is 36.5 Å². The molecular weight excluding hydrogens is 274 g/mol. The van der Waals surface area contributed by atoms with Gasteiger partial charge in [-0.15, -0.1) is 0 Å². The number of carbonyl (C=O) groups is 1. The minimum Gasteiger partial charge on any atom is -0.351 e. The van der Waals surface area contributed by atoms with Crippen LogP contribution in [0.2, 0.25) is 0 Å². The molecule has 4 nitrogen and oxygen atoms in total. The number of imidazole rings is 1. The quantitative estimate of drug-likeness (QED) is 0.922. The van der Waals surface area contributed by atoms with Gasteiger partial charge in [0.25, 0.3) is 0 Å². The first kappa shape index (κ1) is 14.8. The van der Waals surface area contributed by atoms with Crippen molar-refractivity contribution in [2.75, 3.05) is 0 Å². The van der Waals surface area contributed by atoms with E-state index in [-0.39, 0.29) is 17.4 Å². The Labute approximate surface area is 131 Å². The van der Waals surface area contributed by atoms with Gasteiger partial charge in [-0.2, -0.15) is 0 Å². The Morgan fingerprint density at radius 2 is 2.00 bits per heavy atom. The highest BCUT2D eigenvalue weighted by molar-refractivity contribution is 5.91. The third-order valence-electron chi connectivity index (χ3n) is 4.38. The summed E-state index contributed by atoms with van der Waals surface area (Å²) in [5, 5.41) is 3.17. The standard InChI is InChI=1S/C18H23N3O/c1-13-8-14(2)10-16(9-13)18(4-5-18)17(22)20-15(3)11-21-7-6-19-12-21/h6-10,12,15H,4-5,11H2,1-3H3,(H,20,22). The van der Waals surface area contributed by atoms with Gasteiger partial charge in [0.15, 0.2) is 0 Å². The highest BCUT2D eigenvalue weighted by Crippen LogP contribution is 2.48. The number of aryl methyl sites for hydroxylation is 2. The zero-order chi connectivity index (χ0) is 15.7. The van der Waals surface area contributed by atoms with Crippen molar-refractivity contribution in [3.05, 3.63) is 53.6 Å². The Morgan fingerprint density at radius 3 is 2.55 bits per heavy atom. The zero-order valence-electron chi connectivity index (χ0n) is 13.5. The van der Waals surface area contributed by atoms with Crippen LogP contribution in [0.4, 0.5) is 0 Å². The van der Waals surface area contributed by atoms with E-state index < -0.39 is 0 Å². The van der Waals surface area contributed by atoms with Gasteiger partial charge in [0.05, 0.1) is 11.7 Å². The largest absolute Gasteiger partial charge is 0.351 e. The molecule has 1 N–H and O–H groups in total. The number of benzene rings is 1. The van der Waals surface area contributed by atoms with Crippen molar-refractivity contribution in [2.45, 2.75) is 51.6 Å². The van der Waals surface area contributed by atoms with E-state index in [1.165, 1.54) is 11.1 Å². The van der Waals surface area contributed by atoms with E-state index in [0.29, 0.717) is 0 Å². The lowest BCUT2D eigenvalue weighted by Gasteiger charge is -2.21. The molecule has 1 atom stereocenters. The molecule has 1 amide bonds. The monoisotopic (exact) mass is 297 g/mol. The van der Waals surface area contributed by atoms with Crippen LogP contribution >= 0.6 is 0 Å². The fourth-order valence-electron chi connectivity index (χ4n) is 3.14. The molecule has 0 aliphatic heterocycles. The number of rotatable bonds is 5. The summed E-state index contributed by atoms with van der Waals surface area (Å²) in [6.07, 6.45) is 7.34. The van der Waals surface area contributed by atoms with Crippen LogP contribution in [-0.2, 0) is 16.8 Å². The Morgan fingerprint density at radius 1 is 1.32 bits per heavy atom. The molecule has 0 bridgehead atoms. The molecule has 3 rings (SSSR count). The molecule has 1 unspecified atom stereocenters. The second-order valence-corrected chi connectivity index (χ2v) is 6.59. The third-order valence-corrected chi connectivity index (χ3v) is 4.38. The Bertz CT molecular complexity index is 651. The van der Waals surface area contributed by atoms with Crippen LogP contribution < -0.4 is 5.32 Å². The van der Waals surface area contributed by atoms with Crippen LogP contribution in [0.25, 0.3) is 0 Å². The van der Waals surface area contributed by atoms with E-state index >= 15 is 0 Å². The number of nitrogens with one attached hydrogen (secondary N) is 1. The van der Waals surface area contributed by atoms with E-state index in [9.17, 15) is 4.79 Å². The second-order valence-electron chi connectivity index (χ2n) is 6.59. The molecule has 1 aromatic heterocycles. The lowest BCUT2D eigenvalue weighted by atomic mass is 9.91. The molecule has 1 saturated carbocycles. The molecule has 1 heterocycles. The number of hydrogen-bond donors (Lipinski definition) is 1. The summed E-state index contributed by atoms with van der Waals surface area (Å²) in [6, 6.07) is 6.55. The van der Waals surface area contributed by atoms with Gasteiger partial charge < -0.3 is 9.88 Å². The maximum atomic E-state index is 12.8. The number of amides is 1. The van der Waals surface area contributed by atoms with E-state index in [1.54, 1.807) is 12.5 Å². The molecule has 0 saturated heterocycles. The average Bonchev–Trinajstić information content (AvgIpc) is 3.11. The van der Waals surface area contributed by atoms with E-state index in [0.717, 1.165) is 24.9 Å². The van der Waals surface area contributed by atoms with E-state index in [4.69, 9.17) is 0 Å². The van der Waals surface area contributed by atoms with Gasteiger partial charge in [0.2, 0.25) is 5.91 Å². The molecule has 1 aliphatic carbocycles. The fraction of sp³-hybridized carbons (Fsp3) is 0.444. The van der Waals surface area contributed by atoms with Gasteiger partial charge in [-0.3, -0.25) is 4.79 Å². The van der Waals surface area contributed by atoms with Crippen LogP contribution in [0.3, 0.4) is 0 Å². The molecule has 4 heteroatoms. The smallest absolute Gasteiger partial charge is 0.230 e. The fourth-order valence-corrected chi connectivity index (χ4v) is 3.14. The molecule has 22 heavy (non-hydrogen) atoms. The topological polar surface area (TPSA) is 46.9 Å². The van der Waals surface area contributed by atoms with Gasteiger partial charge in [-0.1, -0.05) is 29.3 Å². The van der Waals surface area contributed by atoms with Crippen LogP contribution in [0.5, 0.6) is 0 Å². The van der Waals surface area contributed by atoms with Crippen molar-refractivity contribution in [2.24, 2.45) is 0 Å². The maximum Gasteiger partial charge on any atom is 0.230 e. The molecule has 116 valence electrons. The Hall–Kier alpha value is -2.10. The first-order chi connectivity index (χ1) is 10.5. The SMILES string of the molecule is Cc1cc(C)cc(C2(C(=O)NC(C)Cn3ccnc3)CC2)c1. The molecule has 2 aromatic rings. The predicted molar refractivity (Wildman–Crippen MR) is 86.7 cm³/mol. The minimum absolute atomic E-state index is 0.0880. The minimum atomic E-state index is -0.306. The normalized spacial score (nSPS) is 17.0. The van der Waals surface area contributed by atoms with Gasteiger partial charge in [0.1, 0.15) is 0 Å². The zero-order valence-corrected chi connectivity index (χ0v) is 13.5. The van der Waals surface area contributed by atoms with Crippen molar-refractivity contribution in [3.63, 3.8) is 0 Å². The number of aromatic nitrogens is 2. The summed E-state index contributed by atoms with van der Waals surface area (Å²) in [5.41, 5.74) is 3.30. The highest BCUT2D eigenvalue weighted by Gasteiger charge is 2.51. The van der Waals surface area contributed by atoms with Crippen molar-refractivity contribution in [1.29, 1.82) is 0 Å². The first-order valence-corrected chi connectivity index (χ1v) is 7.85. The summed E-state index contributed by atoms with van der Waals surface area (Å²) in [6.45, 7) is 6.96. The van der Waals surface area contributed by atoms with Gasteiger partial charge in [-0.05, 0) is 39.2 Å². The molecular formula is C18H23N3O. The van der Waals surface area contributed by atoms with Crippen LogP contribution in [0, 0.1) is 13.8 Å². The van der Waals surface area contributed by atoms with Crippen LogP contribution in [-0.4, -0.2) is 21.5 Å². The van der Waals surface area contributed by atoms with Crippen molar-refractivity contribution in [1.82, 2.24) is 14.9 Å². The van der Waals surface area contributed by atoms with E-state index in [1.807, 2.05) is 17.7 Å². The Kier molecular flexibility index (Phi) is 3.77.